The number of carbonyl (C=O) groups is 1. The molecule has 6 heteroatoms. The summed E-state index contributed by atoms with van der Waals surface area (Å²) < 4.78 is 0. The highest BCUT2D eigenvalue weighted by atomic mass is 32.1. The molecule has 1 saturated carbocycles. The maximum atomic E-state index is 12.2. The minimum Gasteiger partial charge on any atom is -0.394 e. The highest BCUT2D eigenvalue weighted by Gasteiger charge is 2.44. The number of aromatic nitrogens is 1. The summed E-state index contributed by atoms with van der Waals surface area (Å²) in [6, 6.07) is 2.00. The van der Waals surface area contributed by atoms with Gasteiger partial charge in [0.1, 0.15) is 9.88 Å². The van der Waals surface area contributed by atoms with E-state index < -0.39 is 0 Å². The molecule has 2 N–H and O–H groups in total. The van der Waals surface area contributed by atoms with Gasteiger partial charge in [-0.05, 0) is 31.2 Å². The predicted octanol–water partition coefficient (Wildman–Crippen LogP) is 2.43. The summed E-state index contributed by atoms with van der Waals surface area (Å²) in [5.41, 5.74) is 1.42. The Hall–Kier alpha value is -1.24. The van der Waals surface area contributed by atoms with Gasteiger partial charge in [0.2, 0.25) is 0 Å². The molecule has 0 atom stereocenters. The Morgan fingerprint density at radius 2 is 2.37 bits per heavy atom. The van der Waals surface area contributed by atoms with Gasteiger partial charge >= 0.3 is 0 Å². The standard InChI is InChI=1S/C13H14N2O2S2/c1-8-10(11(17)15-13(7-16)3-4-13)19-12(14-8)9-2-5-18-6-9/h2,5-6,16H,3-4,7H2,1H3,(H,15,17). The number of carbonyl (C=O) groups excluding carboxylic acids is 1. The zero-order chi connectivity index (χ0) is 13.5. The lowest BCUT2D eigenvalue weighted by Gasteiger charge is -2.13. The Bertz CT molecular complexity index is 600. The second-order valence-corrected chi connectivity index (χ2v) is 6.62. The number of rotatable bonds is 4. The fraction of sp³-hybridized carbons (Fsp3) is 0.385. The minimum atomic E-state index is -0.379. The van der Waals surface area contributed by atoms with E-state index in [1.807, 2.05) is 23.8 Å². The van der Waals surface area contributed by atoms with Crippen molar-refractivity contribution in [3.05, 3.63) is 27.4 Å². The maximum absolute atomic E-state index is 12.2. The third kappa shape index (κ3) is 2.43. The molecular formula is C13H14N2O2S2. The zero-order valence-electron chi connectivity index (χ0n) is 10.5. The van der Waals surface area contributed by atoms with Gasteiger partial charge in [0, 0.05) is 10.9 Å². The normalized spacial score (nSPS) is 16.3. The molecule has 0 aliphatic heterocycles. The van der Waals surface area contributed by atoms with E-state index in [0.717, 1.165) is 29.1 Å². The van der Waals surface area contributed by atoms with Crippen molar-refractivity contribution in [2.24, 2.45) is 0 Å². The lowest BCUT2D eigenvalue weighted by Crippen LogP contribution is -2.39. The molecule has 1 aliphatic carbocycles. The van der Waals surface area contributed by atoms with Crippen LogP contribution in [-0.2, 0) is 0 Å². The lowest BCUT2D eigenvalue weighted by molar-refractivity contribution is 0.0910. The van der Waals surface area contributed by atoms with Crippen molar-refractivity contribution in [1.82, 2.24) is 10.3 Å². The summed E-state index contributed by atoms with van der Waals surface area (Å²) in [6.45, 7) is 1.85. The first-order valence-electron chi connectivity index (χ1n) is 6.07. The average Bonchev–Trinajstić information content (AvgIpc) is 2.81. The average molecular weight is 294 g/mol. The third-order valence-corrected chi connectivity index (χ3v) is 5.19. The molecule has 0 aromatic carbocycles. The fourth-order valence-electron chi connectivity index (χ4n) is 1.89. The number of hydrogen-bond acceptors (Lipinski definition) is 5. The van der Waals surface area contributed by atoms with Crippen LogP contribution in [0.1, 0.15) is 28.2 Å². The Kier molecular flexibility index (Phi) is 3.16. The van der Waals surface area contributed by atoms with E-state index in [2.05, 4.69) is 10.3 Å². The van der Waals surface area contributed by atoms with Crippen LogP contribution < -0.4 is 5.32 Å². The smallest absolute Gasteiger partial charge is 0.263 e. The minimum absolute atomic E-state index is 0.00792. The number of nitrogens with zero attached hydrogens (tertiary/aromatic N) is 1. The van der Waals surface area contributed by atoms with Crippen molar-refractivity contribution in [2.45, 2.75) is 25.3 Å². The first-order chi connectivity index (χ1) is 9.13. The fourth-order valence-corrected chi connectivity index (χ4v) is 3.56. The first-order valence-corrected chi connectivity index (χ1v) is 7.83. The van der Waals surface area contributed by atoms with Crippen LogP contribution >= 0.6 is 22.7 Å². The van der Waals surface area contributed by atoms with Crippen molar-refractivity contribution in [1.29, 1.82) is 0 Å². The van der Waals surface area contributed by atoms with Crippen LogP contribution in [0.3, 0.4) is 0 Å². The van der Waals surface area contributed by atoms with Gasteiger partial charge in [-0.3, -0.25) is 4.79 Å². The number of aryl methyl sites for hydroxylation is 1. The van der Waals surface area contributed by atoms with E-state index in [-0.39, 0.29) is 18.1 Å². The summed E-state index contributed by atoms with van der Waals surface area (Å²) >= 11 is 3.02. The number of aliphatic hydroxyl groups is 1. The van der Waals surface area contributed by atoms with Crippen LogP contribution in [0.2, 0.25) is 0 Å². The number of thiazole rings is 1. The monoisotopic (exact) mass is 294 g/mol. The molecule has 0 unspecified atom stereocenters. The predicted molar refractivity (Wildman–Crippen MR) is 76.7 cm³/mol. The number of amides is 1. The highest BCUT2D eigenvalue weighted by molar-refractivity contribution is 7.17. The number of thiophene rings is 1. The molecule has 1 aliphatic rings. The molecule has 4 nitrogen and oxygen atoms in total. The van der Waals surface area contributed by atoms with Gasteiger partial charge in [-0.25, -0.2) is 4.98 Å². The molecule has 19 heavy (non-hydrogen) atoms. The first kappa shape index (κ1) is 12.8. The van der Waals surface area contributed by atoms with Crippen LogP contribution in [0.25, 0.3) is 10.6 Å². The molecule has 2 aromatic heterocycles. The van der Waals surface area contributed by atoms with Crippen molar-refractivity contribution in [2.75, 3.05) is 6.61 Å². The quantitative estimate of drug-likeness (QED) is 0.910. The summed E-state index contributed by atoms with van der Waals surface area (Å²) in [6.07, 6.45) is 1.70. The van der Waals surface area contributed by atoms with Gasteiger partial charge < -0.3 is 10.4 Å². The second-order valence-electron chi connectivity index (χ2n) is 4.84. The van der Waals surface area contributed by atoms with Crippen molar-refractivity contribution >= 4 is 28.6 Å². The Labute approximate surface area is 119 Å². The Morgan fingerprint density at radius 3 is 2.95 bits per heavy atom. The molecule has 2 heterocycles. The van der Waals surface area contributed by atoms with E-state index in [1.54, 1.807) is 11.3 Å². The Balaban J connectivity index is 1.83. The molecule has 0 spiro atoms. The van der Waals surface area contributed by atoms with Crippen molar-refractivity contribution < 1.29 is 9.90 Å². The van der Waals surface area contributed by atoms with Crippen molar-refractivity contribution in [3.8, 4) is 10.6 Å². The SMILES string of the molecule is Cc1nc(-c2ccsc2)sc1C(=O)NC1(CO)CC1. The van der Waals surface area contributed by atoms with E-state index in [0.29, 0.717) is 4.88 Å². The molecule has 1 amide bonds. The number of nitrogens with one attached hydrogen (secondary N) is 1. The van der Waals surface area contributed by atoms with Gasteiger partial charge in [-0.15, -0.1) is 11.3 Å². The molecule has 0 bridgehead atoms. The maximum Gasteiger partial charge on any atom is 0.263 e. The van der Waals surface area contributed by atoms with Crippen LogP contribution in [-0.4, -0.2) is 28.1 Å². The van der Waals surface area contributed by atoms with Crippen LogP contribution in [0.4, 0.5) is 0 Å². The molecule has 100 valence electrons. The summed E-state index contributed by atoms with van der Waals surface area (Å²) in [5, 5.41) is 17.1. The highest BCUT2D eigenvalue weighted by Crippen LogP contribution is 2.36. The summed E-state index contributed by atoms with van der Waals surface area (Å²) in [5.74, 6) is -0.122. The van der Waals surface area contributed by atoms with Crippen LogP contribution in [0.15, 0.2) is 16.8 Å². The number of hydrogen-bond donors (Lipinski definition) is 2. The van der Waals surface area contributed by atoms with Crippen molar-refractivity contribution in [3.63, 3.8) is 0 Å². The zero-order valence-corrected chi connectivity index (χ0v) is 12.1. The molecule has 3 rings (SSSR count). The lowest BCUT2D eigenvalue weighted by atomic mass is 10.2. The van der Waals surface area contributed by atoms with Crippen LogP contribution in [0.5, 0.6) is 0 Å². The molecular weight excluding hydrogens is 280 g/mol. The van der Waals surface area contributed by atoms with Gasteiger partial charge in [0.05, 0.1) is 17.8 Å². The van der Waals surface area contributed by atoms with Gasteiger partial charge in [0.15, 0.2) is 0 Å². The molecule has 0 saturated heterocycles. The topological polar surface area (TPSA) is 62.2 Å². The van der Waals surface area contributed by atoms with Gasteiger partial charge in [0.25, 0.3) is 5.91 Å². The second kappa shape index (κ2) is 4.70. The van der Waals surface area contributed by atoms with E-state index in [4.69, 9.17) is 0 Å². The van der Waals surface area contributed by atoms with Gasteiger partial charge in [-0.2, -0.15) is 11.3 Å². The molecule has 2 aromatic rings. The van der Waals surface area contributed by atoms with Crippen LogP contribution in [0, 0.1) is 6.92 Å². The van der Waals surface area contributed by atoms with E-state index >= 15 is 0 Å². The summed E-state index contributed by atoms with van der Waals surface area (Å²) in [7, 11) is 0. The van der Waals surface area contributed by atoms with E-state index in [9.17, 15) is 9.90 Å². The third-order valence-electron chi connectivity index (χ3n) is 3.31. The van der Waals surface area contributed by atoms with E-state index in [1.165, 1.54) is 11.3 Å². The molecule has 0 radical (unpaired) electrons. The Morgan fingerprint density at radius 1 is 1.58 bits per heavy atom. The van der Waals surface area contributed by atoms with Gasteiger partial charge in [-0.1, -0.05) is 0 Å². The molecule has 1 fully saturated rings. The largest absolute Gasteiger partial charge is 0.394 e. The number of aliphatic hydroxyl groups excluding tert-OH is 1. The summed E-state index contributed by atoms with van der Waals surface area (Å²) in [4.78, 5) is 17.3.